The molecule has 1 aliphatic rings. The molecule has 17 heavy (non-hydrogen) atoms. The number of rotatable bonds is 2. The summed E-state index contributed by atoms with van der Waals surface area (Å²) < 4.78 is 6.54. The summed E-state index contributed by atoms with van der Waals surface area (Å²) in [6, 6.07) is 1.45. The average Bonchev–Trinajstić information content (AvgIpc) is 2.57. The molecule has 0 amide bonds. The Hall–Kier alpha value is -1.09. The van der Waals surface area contributed by atoms with Crippen LogP contribution in [0.15, 0.2) is 17.1 Å². The number of hydrogen-bond acceptors (Lipinski definition) is 7. The first kappa shape index (κ1) is 12.4. The third-order valence-electron chi connectivity index (χ3n) is 2.64. The molecule has 2 rings (SSSR count). The van der Waals surface area contributed by atoms with Gasteiger partial charge in [0, 0.05) is 6.20 Å². The van der Waals surface area contributed by atoms with Crippen molar-refractivity contribution in [3.05, 3.63) is 22.7 Å². The Kier molecular flexibility index (Phi) is 3.38. The lowest BCUT2D eigenvalue weighted by atomic mass is 10.2. The highest BCUT2D eigenvalue weighted by molar-refractivity contribution is 7.81. The minimum absolute atomic E-state index is 0.110. The average molecular weight is 259 g/mol. The van der Waals surface area contributed by atoms with Gasteiger partial charge in [0.05, 0.1) is 18.0 Å². The molecule has 8 heteroatoms. The van der Waals surface area contributed by atoms with Crippen LogP contribution in [0.1, 0.15) is 6.23 Å². The highest BCUT2D eigenvalue weighted by atomic mass is 32.1. The van der Waals surface area contributed by atoms with Gasteiger partial charge < -0.3 is 20.7 Å². The van der Waals surface area contributed by atoms with E-state index in [2.05, 4.69) is 17.6 Å². The standard InChI is InChI=1S/C9H13N3O4S/c10-5-1-2-12(9(15)11-5)8-7(17)6(14)4(3-13)16-8/h1-2,4,6-8,13-14,17H,3H2,(H2,10,11,15)/t4-,6+,7-,8?/m1/s1. The van der Waals surface area contributed by atoms with Crippen LogP contribution in [-0.4, -0.2) is 43.8 Å². The van der Waals surface area contributed by atoms with Crippen molar-refractivity contribution in [3.8, 4) is 0 Å². The molecule has 0 aliphatic carbocycles. The van der Waals surface area contributed by atoms with Crippen molar-refractivity contribution >= 4 is 18.4 Å². The summed E-state index contributed by atoms with van der Waals surface area (Å²) in [5, 5.41) is 18.1. The number of nitrogens with two attached hydrogens (primary N) is 1. The number of aliphatic hydroxyl groups is 2. The lowest BCUT2D eigenvalue weighted by molar-refractivity contribution is -0.0456. The van der Waals surface area contributed by atoms with Gasteiger partial charge in [-0.1, -0.05) is 0 Å². The van der Waals surface area contributed by atoms with Crippen molar-refractivity contribution in [2.24, 2.45) is 0 Å². The van der Waals surface area contributed by atoms with Gasteiger partial charge in [0.25, 0.3) is 0 Å². The third kappa shape index (κ3) is 2.16. The molecule has 2 heterocycles. The van der Waals surface area contributed by atoms with E-state index in [0.717, 1.165) is 0 Å². The topological polar surface area (TPSA) is 111 Å². The van der Waals surface area contributed by atoms with Crippen LogP contribution in [-0.2, 0) is 4.74 Å². The summed E-state index contributed by atoms with van der Waals surface area (Å²) >= 11 is 4.18. The van der Waals surface area contributed by atoms with Crippen LogP contribution >= 0.6 is 12.6 Å². The van der Waals surface area contributed by atoms with Crippen molar-refractivity contribution in [1.82, 2.24) is 9.55 Å². The van der Waals surface area contributed by atoms with Gasteiger partial charge in [-0.25, -0.2) is 4.79 Å². The van der Waals surface area contributed by atoms with E-state index in [-0.39, 0.29) is 12.4 Å². The zero-order valence-corrected chi connectivity index (χ0v) is 9.70. The van der Waals surface area contributed by atoms with Crippen LogP contribution in [0.5, 0.6) is 0 Å². The van der Waals surface area contributed by atoms with Crippen molar-refractivity contribution in [2.75, 3.05) is 12.3 Å². The zero-order valence-electron chi connectivity index (χ0n) is 8.80. The molecule has 1 aromatic rings. The normalized spacial score (nSPS) is 32.9. The van der Waals surface area contributed by atoms with Gasteiger partial charge in [-0.2, -0.15) is 17.6 Å². The molecule has 1 aromatic heterocycles. The lowest BCUT2D eigenvalue weighted by Gasteiger charge is -2.17. The fourth-order valence-corrected chi connectivity index (χ4v) is 2.14. The summed E-state index contributed by atoms with van der Waals surface area (Å²) in [6.07, 6.45) is -1.05. The van der Waals surface area contributed by atoms with E-state index < -0.39 is 29.4 Å². The first-order chi connectivity index (χ1) is 8.04. The molecule has 0 aromatic carbocycles. The number of aromatic nitrogens is 2. The summed E-state index contributed by atoms with van der Waals surface area (Å²) in [5.74, 6) is 0.110. The van der Waals surface area contributed by atoms with E-state index >= 15 is 0 Å². The predicted octanol–water partition coefficient (Wildman–Crippen LogP) is -1.63. The van der Waals surface area contributed by atoms with Crippen LogP contribution in [0.2, 0.25) is 0 Å². The SMILES string of the molecule is Nc1ccn(C2O[C@H](CO)[C@H](O)[C@H]2S)c(=O)n1. The third-order valence-corrected chi connectivity index (χ3v) is 3.20. The highest BCUT2D eigenvalue weighted by Crippen LogP contribution is 2.31. The Balaban J connectivity index is 2.32. The Morgan fingerprint density at radius 1 is 1.65 bits per heavy atom. The quantitative estimate of drug-likeness (QED) is 0.475. The smallest absolute Gasteiger partial charge is 0.351 e. The Labute approximate surface area is 102 Å². The molecule has 0 spiro atoms. The molecular weight excluding hydrogens is 246 g/mol. The Morgan fingerprint density at radius 3 is 2.88 bits per heavy atom. The van der Waals surface area contributed by atoms with E-state index in [0.29, 0.717) is 0 Å². The van der Waals surface area contributed by atoms with Gasteiger partial charge in [-0.15, -0.1) is 0 Å². The molecule has 1 fully saturated rings. The molecule has 4 atom stereocenters. The zero-order chi connectivity index (χ0) is 12.6. The second-order valence-corrected chi connectivity index (χ2v) is 4.37. The number of nitrogens with zero attached hydrogens (tertiary/aromatic N) is 2. The van der Waals surface area contributed by atoms with Crippen LogP contribution in [0, 0.1) is 0 Å². The van der Waals surface area contributed by atoms with Crippen molar-refractivity contribution in [3.63, 3.8) is 0 Å². The first-order valence-electron chi connectivity index (χ1n) is 5.01. The molecule has 0 saturated carbocycles. The highest BCUT2D eigenvalue weighted by Gasteiger charge is 2.42. The van der Waals surface area contributed by atoms with E-state index in [9.17, 15) is 9.90 Å². The van der Waals surface area contributed by atoms with Gasteiger partial charge in [-0.3, -0.25) is 4.57 Å². The summed E-state index contributed by atoms with van der Waals surface area (Å²) in [5.41, 5.74) is 4.78. The van der Waals surface area contributed by atoms with Gasteiger partial charge in [0.15, 0.2) is 6.23 Å². The van der Waals surface area contributed by atoms with Crippen LogP contribution in [0.4, 0.5) is 5.82 Å². The molecule has 1 unspecified atom stereocenters. The molecule has 1 saturated heterocycles. The predicted molar refractivity (Wildman–Crippen MR) is 62.7 cm³/mol. The Bertz CT molecular complexity index is 466. The molecular formula is C9H13N3O4S. The van der Waals surface area contributed by atoms with Gasteiger partial charge in [-0.05, 0) is 6.07 Å². The number of nitrogen functional groups attached to an aromatic ring is 1. The maximum absolute atomic E-state index is 11.6. The van der Waals surface area contributed by atoms with Crippen molar-refractivity contribution in [1.29, 1.82) is 0 Å². The molecule has 7 nitrogen and oxygen atoms in total. The second-order valence-electron chi connectivity index (χ2n) is 3.77. The Morgan fingerprint density at radius 2 is 2.35 bits per heavy atom. The molecule has 0 bridgehead atoms. The minimum Gasteiger partial charge on any atom is -0.394 e. The van der Waals surface area contributed by atoms with E-state index in [1.54, 1.807) is 0 Å². The van der Waals surface area contributed by atoms with Crippen LogP contribution < -0.4 is 11.4 Å². The molecule has 4 N–H and O–H groups in total. The minimum atomic E-state index is -0.946. The maximum atomic E-state index is 11.6. The van der Waals surface area contributed by atoms with Gasteiger partial charge in [0.1, 0.15) is 11.9 Å². The number of anilines is 1. The number of hydrogen-bond donors (Lipinski definition) is 4. The van der Waals surface area contributed by atoms with E-state index in [1.807, 2.05) is 0 Å². The first-order valence-corrected chi connectivity index (χ1v) is 5.53. The van der Waals surface area contributed by atoms with Crippen molar-refractivity contribution in [2.45, 2.75) is 23.7 Å². The summed E-state index contributed by atoms with van der Waals surface area (Å²) in [6.45, 7) is -0.341. The van der Waals surface area contributed by atoms with Gasteiger partial charge in [0.2, 0.25) is 0 Å². The largest absolute Gasteiger partial charge is 0.394 e. The molecule has 1 aliphatic heterocycles. The maximum Gasteiger partial charge on any atom is 0.351 e. The molecule has 94 valence electrons. The number of aliphatic hydroxyl groups excluding tert-OH is 2. The number of ether oxygens (including phenoxy) is 1. The van der Waals surface area contributed by atoms with Gasteiger partial charge >= 0.3 is 5.69 Å². The monoisotopic (exact) mass is 259 g/mol. The summed E-state index contributed by atoms with van der Waals surface area (Å²) in [4.78, 5) is 15.1. The summed E-state index contributed by atoms with van der Waals surface area (Å²) in [7, 11) is 0. The fourth-order valence-electron chi connectivity index (χ4n) is 1.73. The van der Waals surface area contributed by atoms with Crippen molar-refractivity contribution < 1.29 is 14.9 Å². The lowest BCUT2D eigenvalue weighted by Crippen LogP contribution is -2.33. The van der Waals surface area contributed by atoms with E-state index in [1.165, 1.54) is 16.8 Å². The van der Waals surface area contributed by atoms with E-state index in [4.69, 9.17) is 15.6 Å². The van der Waals surface area contributed by atoms with Crippen LogP contribution in [0.25, 0.3) is 0 Å². The fraction of sp³-hybridized carbons (Fsp3) is 0.556. The molecule has 0 radical (unpaired) electrons. The number of thiol groups is 1. The van der Waals surface area contributed by atoms with Crippen LogP contribution in [0.3, 0.4) is 0 Å². The second kappa shape index (κ2) is 4.65.